The van der Waals surface area contributed by atoms with Crippen LogP contribution in [-0.4, -0.2) is 57.5 Å². The topological polar surface area (TPSA) is 152 Å². The van der Waals surface area contributed by atoms with E-state index in [9.17, 15) is 39.0 Å². The van der Waals surface area contributed by atoms with Crippen LogP contribution in [0.3, 0.4) is 0 Å². The minimum atomic E-state index is -1.30. The van der Waals surface area contributed by atoms with Crippen molar-refractivity contribution in [1.29, 1.82) is 0 Å². The van der Waals surface area contributed by atoms with E-state index in [1.54, 1.807) is 13.8 Å². The summed E-state index contributed by atoms with van der Waals surface area (Å²) in [5, 5.41) is 21.0. The molecule has 0 radical (unpaired) electrons. The highest BCUT2D eigenvalue weighted by Gasteiger charge is 2.74. The molecular formula is C32H44O9. The lowest BCUT2D eigenvalue weighted by Crippen LogP contribution is -2.65. The average Bonchev–Trinajstić information content (AvgIpc) is 3.07. The van der Waals surface area contributed by atoms with Crippen molar-refractivity contribution in [2.75, 3.05) is 0 Å². The molecule has 9 heteroatoms. The van der Waals surface area contributed by atoms with Gasteiger partial charge in [0.05, 0.1) is 12.0 Å². The normalized spacial score (nSPS) is 39.4. The summed E-state index contributed by atoms with van der Waals surface area (Å²) in [6, 6.07) is 0. The zero-order chi connectivity index (χ0) is 31.0. The van der Waals surface area contributed by atoms with Crippen molar-refractivity contribution in [3.8, 4) is 0 Å². The molecule has 2 fully saturated rings. The van der Waals surface area contributed by atoms with E-state index < -0.39 is 75.3 Å². The molecule has 226 valence electrons. The highest BCUT2D eigenvalue weighted by molar-refractivity contribution is 6.14. The van der Waals surface area contributed by atoms with Crippen molar-refractivity contribution in [1.82, 2.24) is 0 Å². The first-order valence-corrected chi connectivity index (χ1v) is 14.7. The number of esters is 1. The SMILES string of the molecule is CC(=O)OC1C(=O)C2=C(C(=O)C[C@H]3C(C)(C)C(=O)CC[C@]23C)[C@]2(C)C(O)C[C@H]([C@H](C)CC(=O)CC(C)C(=O)O)[C@@]12C. The zero-order valence-corrected chi connectivity index (χ0v) is 25.5. The second-order valence-corrected chi connectivity index (χ2v) is 14.4. The van der Waals surface area contributed by atoms with E-state index in [0.717, 1.165) is 0 Å². The molecule has 0 spiro atoms. The van der Waals surface area contributed by atoms with Crippen LogP contribution in [0.25, 0.3) is 0 Å². The third kappa shape index (κ3) is 4.28. The summed E-state index contributed by atoms with van der Waals surface area (Å²) in [4.78, 5) is 78.3. The summed E-state index contributed by atoms with van der Waals surface area (Å²) in [5.41, 5.74) is -3.57. The number of hydrogen-bond donors (Lipinski definition) is 2. The minimum absolute atomic E-state index is 0.0254. The zero-order valence-electron chi connectivity index (χ0n) is 25.5. The van der Waals surface area contributed by atoms with E-state index in [-0.39, 0.29) is 60.6 Å². The summed E-state index contributed by atoms with van der Waals surface area (Å²) in [7, 11) is 0. The summed E-state index contributed by atoms with van der Waals surface area (Å²) in [6.45, 7) is 13.6. The van der Waals surface area contributed by atoms with Gasteiger partial charge >= 0.3 is 11.9 Å². The molecule has 41 heavy (non-hydrogen) atoms. The first-order valence-electron chi connectivity index (χ1n) is 14.7. The number of carbonyl (C=O) groups excluding carboxylic acids is 5. The molecule has 4 aliphatic carbocycles. The number of Topliss-reactive ketones (excluding diaryl/α,β-unsaturated/α-hetero) is 4. The molecule has 0 saturated heterocycles. The number of fused-ring (bicyclic) bond motifs is 4. The first-order chi connectivity index (χ1) is 18.8. The molecule has 2 saturated carbocycles. The second kappa shape index (κ2) is 9.96. The van der Waals surface area contributed by atoms with Crippen LogP contribution >= 0.6 is 0 Å². The summed E-state index contributed by atoms with van der Waals surface area (Å²) < 4.78 is 5.82. The van der Waals surface area contributed by atoms with Crippen LogP contribution in [0.15, 0.2) is 11.1 Å². The Bertz CT molecular complexity index is 1260. The Labute approximate surface area is 241 Å². The van der Waals surface area contributed by atoms with E-state index in [1.165, 1.54) is 13.8 Å². The highest BCUT2D eigenvalue weighted by atomic mass is 16.5. The predicted molar refractivity (Wildman–Crippen MR) is 147 cm³/mol. The third-order valence-corrected chi connectivity index (χ3v) is 11.8. The highest BCUT2D eigenvalue weighted by Crippen LogP contribution is 2.71. The van der Waals surface area contributed by atoms with Crippen LogP contribution < -0.4 is 0 Å². The standard InChI is InChI=1S/C32H44O9/c1-15(11-18(34)12-16(2)28(39)40)19-13-23(37)32(8)24-20(35)14-21-29(4,5)22(36)9-10-30(21,6)25(24)26(38)27(31(19,32)7)41-17(3)33/h15-16,19,21,23,27,37H,9-14H2,1-8H3,(H,39,40)/t15-,16?,19-,21+,23?,27?,30+,31+,32+/m1/s1. The fraction of sp³-hybridized carbons (Fsp3) is 0.750. The minimum Gasteiger partial charge on any atom is -0.481 e. The largest absolute Gasteiger partial charge is 0.481 e. The van der Waals surface area contributed by atoms with Crippen LogP contribution in [0.4, 0.5) is 0 Å². The average molecular weight is 573 g/mol. The molecule has 0 aromatic carbocycles. The second-order valence-electron chi connectivity index (χ2n) is 14.4. The van der Waals surface area contributed by atoms with Crippen LogP contribution in [-0.2, 0) is 33.5 Å². The number of carboxylic acid groups (broad SMARTS) is 1. The number of hydrogen-bond acceptors (Lipinski definition) is 8. The molecule has 4 rings (SSSR count). The Morgan fingerprint density at radius 1 is 1.00 bits per heavy atom. The smallest absolute Gasteiger partial charge is 0.306 e. The molecule has 0 bridgehead atoms. The van der Waals surface area contributed by atoms with Crippen LogP contribution in [0.2, 0.25) is 0 Å². The Morgan fingerprint density at radius 2 is 1.61 bits per heavy atom. The molecule has 4 aliphatic rings. The molecule has 0 aromatic heterocycles. The van der Waals surface area contributed by atoms with Gasteiger partial charge in [-0.05, 0) is 30.6 Å². The maximum absolute atomic E-state index is 14.6. The van der Waals surface area contributed by atoms with Crippen LogP contribution in [0, 0.1) is 45.3 Å². The Balaban J connectivity index is 1.88. The van der Waals surface area contributed by atoms with Gasteiger partial charge in [0.1, 0.15) is 11.6 Å². The number of aliphatic hydroxyl groups is 1. The van der Waals surface area contributed by atoms with E-state index in [4.69, 9.17) is 4.74 Å². The lowest BCUT2D eigenvalue weighted by Gasteiger charge is -2.60. The summed E-state index contributed by atoms with van der Waals surface area (Å²) in [5.74, 6) is -4.81. The lowest BCUT2D eigenvalue weighted by atomic mass is 9.42. The number of aliphatic hydroxyl groups excluding tert-OH is 1. The number of ketones is 4. The van der Waals surface area contributed by atoms with Crippen LogP contribution in [0.5, 0.6) is 0 Å². The fourth-order valence-corrected chi connectivity index (χ4v) is 9.26. The van der Waals surface area contributed by atoms with Gasteiger partial charge in [-0.15, -0.1) is 0 Å². The monoisotopic (exact) mass is 572 g/mol. The van der Waals surface area contributed by atoms with Gasteiger partial charge in [0.15, 0.2) is 11.9 Å². The van der Waals surface area contributed by atoms with E-state index in [1.807, 2.05) is 27.7 Å². The maximum Gasteiger partial charge on any atom is 0.306 e. The third-order valence-electron chi connectivity index (χ3n) is 11.8. The Hall–Kier alpha value is -2.68. The maximum atomic E-state index is 14.6. The molecule has 0 amide bonds. The van der Waals surface area contributed by atoms with E-state index >= 15 is 0 Å². The van der Waals surface area contributed by atoms with Crippen molar-refractivity contribution < 1.29 is 43.7 Å². The fourth-order valence-electron chi connectivity index (χ4n) is 9.26. The Kier molecular flexibility index (Phi) is 7.59. The molecule has 3 unspecified atom stereocenters. The quantitative estimate of drug-likeness (QED) is 0.433. The van der Waals surface area contributed by atoms with Gasteiger partial charge < -0.3 is 14.9 Å². The Morgan fingerprint density at radius 3 is 2.17 bits per heavy atom. The number of ether oxygens (including phenoxy) is 1. The van der Waals surface area contributed by atoms with Crippen molar-refractivity contribution in [2.45, 2.75) is 106 Å². The van der Waals surface area contributed by atoms with Crippen molar-refractivity contribution in [3.63, 3.8) is 0 Å². The van der Waals surface area contributed by atoms with E-state index in [0.29, 0.717) is 6.42 Å². The number of carbonyl (C=O) groups is 6. The molecule has 0 heterocycles. The van der Waals surface area contributed by atoms with Gasteiger partial charge in [0.25, 0.3) is 0 Å². The number of carboxylic acids is 1. The predicted octanol–water partition coefficient (Wildman–Crippen LogP) is 3.88. The summed E-state index contributed by atoms with van der Waals surface area (Å²) >= 11 is 0. The van der Waals surface area contributed by atoms with Gasteiger partial charge in [-0.1, -0.05) is 48.5 Å². The van der Waals surface area contributed by atoms with Gasteiger partial charge in [0.2, 0.25) is 5.78 Å². The van der Waals surface area contributed by atoms with Gasteiger partial charge in [-0.3, -0.25) is 28.8 Å². The van der Waals surface area contributed by atoms with Crippen molar-refractivity contribution >= 4 is 35.1 Å². The van der Waals surface area contributed by atoms with E-state index in [2.05, 4.69) is 0 Å². The van der Waals surface area contributed by atoms with Gasteiger partial charge in [-0.25, -0.2) is 0 Å². The number of aliphatic carboxylic acids is 1. The van der Waals surface area contributed by atoms with Crippen LogP contribution in [0.1, 0.15) is 93.9 Å². The van der Waals surface area contributed by atoms with Crippen molar-refractivity contribution in [2.24, 2.45) is 45.3 Å². The molecule has 9 nitrogen and oxygen atoms in total. The van der Waals surface area contributed by atoms with Gasteiger partial charge in [0, 0.05) is 65.4 Å². The number of rotatable bonds is 7. The lowest BCUT2D eigenvalue weighted by molar-refractivity contribution is -0.177. The summed E-state index contributed by atoms with van der Waals surface area (Å²) in [6.07, 6.45) is -1.60. The molecule has 9 atom stereocenters. The molecule has 0 aliphatic heterocycles. The van der Waals surface area contributed by atoms with Crippen molar-refractivity contribution in [3.05, 3.63) is 11.1 Å². The molecule has 0 aromatic rings. The molecular weight excluding hydrogens is 528 g/mol. The molecule has 2 N–H and O–H groups in total. The first kappa shape index (κ1) is 31.3. The van der Waals surface area contributed by atoms with Gasteiger partial charge in [-0.2, -0.15) is 0 Å².